The molecule has 1 aromatic heterocycles. The number of nitrogens with two attached hydrogens (primary N) is 1. The number of hydrogen-bond donors (Lipinski definition) is 2. The molecule has 3 nitrogen and oxygen atoms in total. The van der Waals surface area contributed by atoms with E-state index in [4.69, 9.17) is 5.73 Å². The lowest BCUT2D eigenvalue weighted by Crippen LogP contribution is -2.51. The standard InChI is InChI=1S/C16H20N2OS/c1-12(11-14-9-6-10-20-14)18-15(19)16(2,17)13-7-4-3-5-8-13/h3-10,12H,11,17H2,1-2H3,(H,18,19). The van der Waals surface area contributed by atoms with Crippen LogP contribution in [0.15, 0.2) is 47.8 Å². The van der Waals surface area contributed by atoms with Gasteiger partial charge in [0.25, 0.3) is 0 Å². The molecule has 2 rings (SSSR count). The van der Waals surface area contributed by atoms with Crippen LogP contribution in [0.1, 0.15) is 24.3 Å². The largest absolute Gasteiger partial charge is 0.351 e. The highest BCUT2D eigenvalue weighted by Crippen LogP contribution is 2.18. The van der Waals surface area contributed by atoms with E-state index in [1.807, 2.05) is 48.7 Å². The monoisotopic (exact) mass is 288 g/mol. The molecule has 0 radical (unpaired) electrons. The van der Waals surface area contributed by atoms with Crippen molar-refractivity contribution in [1.29, 1.82) is 0 Å². The fraction of sp³-hybridized carbons (Fsp3) is 0.312. The van der Waals surface area contributed by atoms with Crippen LogP contribution in [0.3, 0.4) is 0 Å². The fourth-order valence-electron chi connectivity index (χ4n) is 2.07. The zero-order valence-electron chi connectivity index (χ0n) is 11.8. The molecule has 2 aromatic rings. The Morgan fingerprint density at radius 2 is 2.00 bits per heavy atom. The molecule has 0 saturated carbocycles. The van der Waals surface area contributed by atoms with Crippen LogP contribution in [-0.2, 0) is 16.8 Å². The molecule has 1 heterocycles. The predicted octanol–water partition coefficient (Wildman–Crippen LogP) is 2.67. The number of amides is 1. The molecular weight excluding hydrogens is 268 g/mol. The van der Waals surface area contributed by atoms with E-state index >= 15 is 0 Å². The van der Waals surface area contributed by atoms with Crippen molar-refractivity contribution in [2.75, 3.05) is 0 Å². The van der Waals surface area contributed by atoms with Gasteiger partial charge < -0.3 is 11.1 Å². The quantitative estimate of drug-likeness (QED) is 0.888. The molecule has 2 atom stereocenters. The van der Waals surface area contributed by atoms with Crippen LogP contribution in [0, 0.1) is 0 Å². The Labute approximate surface area is 123 Å². The summed E-state index contributed by atoms with van der Waals surface area (Å²) in [6.45, 7) is 3.74. The first-order valence-electron chi connectivity index (χ1n) is 6.68. The molecule has 1 aromatic carbocycles. The Morgan fingerprint density at radius 3 is 2.60 bits per heavy atom. The minimum Gasteiger partial charge on any atom is -0.351 e. The maximum Gasteiger partial charge on any atom is 0.244 e. The normalized spacial score (nSPS) is 15.3. The minimum absolute atomic E-state index is 0.0627. The smallest absolute Gasteiger partial charge is 0.244 e. The second-order valence-corrected chi connectivity index (χ2v) is 6.26. The Kier molecular flexibility index (Phi) is 4.57. The third-order valence-electron chi connectivity index (χ3n) is 3.31. The lowest BCUT2D eigenvalue weighted by molar-refractivity contribution is -0.126. The van der Waals surface area contributed by atoms with E-state index in [0.717, 1.165) is 12.0 Å². The maximum absolute atomic E-state index is 12.4. The zero-order chi connectivity index (χ0) is 14.6. The van der Waals surface area contributed by atoms with Crippen LogP contribution in [0.4, 0.5) is 0 Å². The van der Waals surface area contributed by atoms with E-state index < -0.39 is 5.54 Å². The molecule has 0 aliphatic carbocycles. The van der Waals surface area contributed by atoms with Crippen LogP contribution in [0.2, 0.25) is 0 Å². The molecule has 106 valence electrons. The summed E-state index contributed by atoms with van der Waals surface area (Å²) in [5.41, 5.74) is 6.01. The second kappa shape index (κ2) is 6.20. The molecule has 2 unspecified atom stereocenters. The zero-order valence-corrected chi connectivity index (χ0v) is 12.6. The van der Waals surface area contributed by atoms with Gasteiger partial charge in [-0.1, -0.05) is 36.4 Å². The van der Waals surface area contributed by atoms with Crippen LogP contribution in [0.5, 0.6) is 0 Å². The molecule has 0 aliphatic rings. The van der Waals surface area contributed by atoms with E-state index in [0.29, 0.717) is 0 Å². The van der Waals surface area contributed by atoms with E-state index in [9.17, 15) is 4.79 Å². The van der Waals surface area contributed by atoms with E-state index in [2.05, 4.69) is 11.4 Å². The lowest BCUT2D eigenvalue weighted by Gasteiger charge is -2.26. The SMILES string of the molecule is CC(Cc1cccs1)NC(=O)C(C)(N)c1ccccc1. The molecule has 0 fully saturated rings. The molecule has 4 heteroatoms. The summed E-state index contributed by atoms with van der Waals surface area (Å²) in [7, 11) is 0. The number of thiophene rings is 1. The van der Waals surface area contributed by atoms with Gasteiger partial charge in [-0.15, -0.1) is 11.3 Å². The number of hydrogen-bond acceptors (Lipinski definition) is 3. The van der Waals surface area contributed by atoms with Gasteiger partial charge in [-0.3, -0.25) is 4.79 Å². The molecule has 0 aliphatic heterocycles. The van der Waals surface area contributed by atoms with Crippen molar-refractivity contribution in [1.82, 2.24) is 5.32 Å². The summed E-state index contributed by atoms with van der Waals surface area (Å²) in [6.07, 6.45) is 0.828. The third kappa shape index (κ3) is 3.46. The van der Waals surface area contributed by atoms with E-state index in [1.54, 1.807) is 18.3 Å². The van der Waals surface area contributed by atoms with Gasteiger partial charge in [0.05, 0.1) is 0 Å². The first kappa shape index (κ1) is 14.8. The second-order valence-electron chi connectivity index (χ2n) is 5.23. The molecule has 3 N–H and O–H groups in total. The summed E-state index contributed by atoms with van der Waals surface area (Å²) in [5, 5.41) is 5.04. The summed E-state index contributed by atoms with van der Waals surface area (Å²) in [4.78, 5) is 13.6. The van der Waals surface area contributed by atoms with Gasteiger partial charge in [-0.2, -0.15) is 0 Å². The molecule has 0 saturated heterocycles. The first-order valence-corrected chi connectivity index (χ1v) is 7.56. The van der Waals surface area contributed by atoms with Gasteiger partial charge in [0.2, 0.25) is 5.91 Å². The van der Waals surface area contributed by atoms with Crippen molar-refractivity contribution in [3.63, 3.8) is 0 Å². The number of benzene rings is 1. The molecule has 1 amide bonds. The van der Waals surface area contributed by atoms with Crippen LogP contribution >= 0.6 is 11.3 Å². The first-order chi connectivity index (χ1) is 9.50. The maximum atomic E-state index is 12.4. The van der Waals surface area contributed by atoms with Gasteiger partial charge in [0, 0.05) is 17.3 Å². The van der Waals surface area contributed by atoms with Gasteiger partial charge in [0.1, 0.15) is 5.54 Å². The van der Waals surface area contributed by atoms with Crippen molar-refractivity contribution in [2.45, 2.75) is 31.8 Å². The Bertz CT molecular complexity index is 549. The fourth-order valence-corrected chi connectivity index (χ4v) is 2.91. The number of carbonyl (C=O) groups is 1. The molecule has 20 heavy (non-hydrogen) atoms. The van der Waals surface area contributed by atoms with Crippen molar-refractivity contribution in [3.05, 3.63) is 58.3 Å². The highest BCUT2D eigenvalue weighted by Gasteiger charge is 2.31. The predicted molar refractivity (Wildman–Crippen MR) is 83.6 cm³/mol. The molecular formula is C16H20N2OS. The highest BCUT2D eigenvalue weighted by atomic mass is 32.1. The van der Waals surface area contributed by atoms with Crippen LogP contribution in [0.25, 0.3) is 0 Å². The Hall–Kier alpha value is -1.65. The molecule has 0 bridgehead atoms. The van der Waals surface area contributed by atoms with Gasteiger partial charge in [-0.05, 0) is 30.9 Å². The van der Waals surface area contributed by atoms with Crippen LogP contribution in [-0.4, -0.2) is 11.9 Å². The average molecular weight is 288 g/mol. The minimum atomic E-state index is -1.01. The third-order valence-corrected chi connectivity index (χ3v) is 4.21. The summed E-state index contributed by atoms with van der Waals surface area (Å²) in [6, 6.07) is 13.6. The van der Waals surface area contributed by atoms with Gasteiger partial charge in [0.15, 0.2) is 0 Å². The van der Waals surface area contributed by atoms with Crippen molar-refractivity contribution < 1.29 is 4.79 Å². The average Bonchev–Trinajstić information content (AvgIpc) is 2.92. The number of rotatable bonds is 5. The van der Waals surface area contributed by atoms with E-state index in [-0.39, 0.29) is 11.9 Å². The van der Waals surface area contributed by atoms with Crippen molar-refractivity contribution in [3.8, 4) is 0 Å². The number of carbonyl (C=O) groups excluding carboxylic acids is 1. The summed E-state index contributed by atoms with van der Waals surface area (Å²) < 4.78 is 0. The Morgan fingerprint density at radius 1 is 1.30 bits per heavy atom. The number of nitrogens with one attached hydrogen (secondary N) is 1. The van der Waals surface area contributed by atoms with Crippen molar-refractivity contribution in [2.24, 2.45) is 5.73 Å². The lowest BCUT2D eigenvalue weighted by atomic mass is 9.92. The van der Waals surface area contributed by atoms with Gasteiger partial charge in [-0.25, -0.2) is 0 Å². The molecule has 0 spiro atoms. The van der Waals surface area contributed by atoms with Crippen molar-refractivity contribution >= 4 is 17.2 Å². The summed E-state index contributed by atoms with van der Waals surface area (Å²) in [5.74, 6) is -0.146. The Balaban J connectivity index is 2.00. The topological polar surface area (TPSA) is 55.1 Å². The summed E-state index contributed by atoms with van der Waals surface area (Å²) >= 11 is 1.70. The van der Waals surface area contributed by atoms with Gasteiger partial charge >= 0.3 is 0 Å². The van der Waals surface area contributed by atoms with E-state index in [1.165, 1.54) is 4.88 Å². The van der Waals surface area contributed by atoms with Crippen LogP contribution < -0.4 is 11.1 Å². The highest BCUT2D eigenvalue weighted by molar-refractivity contribution is 7.09.